The molecular weight excluding hydrogens is 187 g/mol. The molecule has 14 heavy (non-hydrogen) atoms. The number of aromatic amines is 1. The summed E-state index contributed by atoms with van der Waals surface area (Å²) in [5.41, 5.74) is -0.656. The van der Waals surface area contributed by atoms with Crippen LogP contribution in [0.3, 0.4) is 0 Å². The largest absolute Gasteiger partial charge is 0.328 e. The maximum atomic E-state index is 12.8. The summed E-state index contributed by atoms with van der Waals surface area (Å²) >= 11 is 0. The molecule has 1 aromatic carbocycles. The first-order chi connectivity index (χ1) is 6.59. The van der Waals surface area contributed by atoms with Gasteiger partial charge in [0, 0.05) is 7.05 Å². The Labute approximate surface area is 77.6 Å². The molecule has 0 spiro atoms. The van der Waals surface area contributed by atoms with E-state index < -0.39 is 17.1 Å². The fraction of sp³-hybridized carbons (Fsp3) is 0.111. The summed E-state index contributed by atoms with van der Waals surface area (Å²) in [6, 6.07) is 3.72. The lowest BCUT2D eigenvalue weighted by Crippen LogP contribution is -2.28. The van der Waals surface area contributed by atoms with Gasteiger partial charge in [-0.1, -0.05) is 0 Å². The third kappa shape index (κ3) is 1.14. The maximum absolute atomic E-state index is 12.8. The van der Waals surface area contributed by atoms with E-state index in [4.69, 9.17) is 0 Å². The van der Waals surface area contributed by atoms with Crippen molar-refractivity contribution >= 4 is 10.9 Å². The van der Waals surface area contributed by atoms with Crippen molar-refractivity contribution in [1.82, 2.24) is 9.55 Å². The van der Waals surface area contributed by atoms with Crippen LogP contribution >= 0.6 is 0 Å². The van der Waals surface area contributed by atoms with E-state index in [1.807, 2.05) is 0 Å². The second kappa shape index (κ2) is 2.80. The van der Waals surface area contributed by atoms with Crippen molar-refractivity contribution in [3.05, 3.63) is 44.9 Å². The minimum absolute atomic E-state index is 0.173. The van der Waals surface area contributed by atoms with Crippen LogP contribution in [-0.4, -0.2) is 9.55 Å². The predicted molar refractivity (Wildman–Crippen MR) is 49.8 cm³/mol. The maximum Gasteiger partial charge on any atom is 0.328 e. The zero-order chi connectivity index (χ0) is 10.3. The molecule has 0 saturated heterocycles. The molecule has 5 heteroatoms. The molecule has 0 fully saturated rings. The van der Waals surface area contributed by atoms with Gasteiger partial charge in [0.25, 0.3) is 5.56 Å². The molecule has 0 aliphatic rings. The van der Waals surface area contributed by atoms with Gasteiger partial charge in [0.15, 0.2) is 0 Å². The third-order valence-corrected chi connectivity index (χ3v) is 2.09. The van der Waals surface area contributed by atoms with E-state index in [1.54, 1.807) is 0 Å². The Morgan fingerprint density at radius 1 is 1.36 bits per heavy atom. The van der Waals surface area contributed by atoms with Crippen molar-refractivity contribution in [2.24, 2.45) is 7.05 Å². The number of hydrogen-bond donors (Lipinski definition) is 1. The SMILES string of the molecule is Cn1c(=O)[nH]c(=O)c2cc(F)ccc21. The number of nitrogens with zero attached hydrogens (tertiary/aromatic N) is 1. The quantitative estimate of drug-likeness (QED) is 0.658. The standard InChI is InChI=1S/C9H7FN2O2/c1-12-7-3-2-5(10)4-6(7)8(13)11-9(12)14/h2-4H,1H3,(H,11,13,14). The van der Waals surface area contributed by atoms with Gasteiger partial charge in [-0.15, -0.1) is 0 Å². The lowest BCUT2D eigenvalue weighted by molar-refractivity contribution is 0.629. The first-order valence-electron chi connectivity index (χ1n) is 3.98. The Balaban J connectivity index is 3.10. The van der Waals surface area contributed by atoms with Crippen LogP contribution < -0.4 is 11.2 Å². The topological polar surface area (TPSA) is 54.9 Å². The fourth-order valence-corrected chi connectivity index (χ4v) is 1.34. The van der Waals surface area contributed by atoms with Crippen LogP contribution in [0.1, 0.15) is 0 Å². The van der Waals surface area contributed by atoms with Gasteiger partial charge in [-0.3, -0.25) is 14.3 Å². The van der Waals surface area contributed by atoms with Crippen molar-refractivity contribution in [3.8, 4) is 0 Å². The van der Waals surface area contributed by atoms with E-state index in [0.29, 0.717) is 5.52 Å². The van der Waals surface area contributed by atoms with E-state index in [-0.39, 0.29) is 5.39 Å². The van der Waals surface area contributed by atoms with Gasteiger partial charge in [0.05, 0.1) is 10.9 Å². The van der Waals surface area contributed by atoms with Gasteiger partial charge in [-0.05, 0) is 18.2 Å². The van der Waals surface area contributed by atoms with E-state index in [0.717, 1.165) is 6.07 Å². The zero-order valence-corrected chi connectivity index (χ0v) is 7.37. The Hall–Kier alpha value is -1.91. The van der Waals surface area contributed by atoms with Crippen molar-refractivity contribution in [1.29, 1.82) is 0 Å². The molecule has 0 aliphatic heterocycles. The molecule has 0 radical (unpaired) electrons. The summed E-state index contributed by atoms with van der Waals surface area (Å²) in [5.74, 6) is -0.498. The minimum atomic E-state index is -0.567. The second-order valence-electron chi connectivity index (χ2n) is 2.98. The van der Waals surface area contributed by atoms with Crippen LogP contribution in [-0.2, 0) is 7.05 Å². The van der Waals surface area contributed by atoms with Gasteiger partial charge in [0.2, 0.25) is 0 Å². The number of rotatable bonds is 0. The molecule has 0 bridgehead atoms. The number of benzene rings is 1. The summed E-state index contributed by atoms with van der Waals surface area (Å²) in [6.45, 7) is 0. The predicted octanol–water partition coefficient (Wildman–Crippen LogP) is 0.366. The second-order valence-corrected chi connectivity index (χ2v) is 2.98. The number of aryl methyl sites for hydroxylation is 1. The van der Waals surface area contributed by atoms with E-state index in [2.05, 4.69) is 4.98 Å². The lowest BCUT2D eigenvalue weighted by atomic mass is 10.2. The number of fused-ring (bicyclic) bond motifs is 1. The van der Waals surface area contributed by atoms with Gasteiger partial charge in [0.1, 0.15) is 5.82 Å². The fourth-order valence-electron chi connectivity index (χ4n) is 1.34. The highest BCUT2D eigenvalue weighted by atomic mass is 19.1. The lowest BCUT2D eigenvalue weighted by Gasteiger charge is -2.02. The highest BCUT2D eigenvalue weighted by Gasteiger charge is 2.04. The first-order valence-corrected chi connectivity index (χ1v) is 3.98. The summed E-state index contributed by atoms with van der Waals surface area (Å²) in [6.07, 6.45) is 0. The van der Waals surface area contributed by atoms with Crippen LogP contribution in [0, 0.1) is 5.82 Å². The molecule has 1 N–H and O–H groups in total. The Morgan fingerprint density at radius 2 is 2.07 bits per heavy atom. The van der Waals surface area contributed by atoms with Gasteiger partial charge in [-0.2, -0.15) is 0 Å². The molecule has 1 heterocycles. The molecule has 72 valence electrons. The van der Waals surface area contributed by atoms with Gasteiger partial charge >= 0.3 is 5.69 Å². The zero-order valence-electron chi connectivity index (χ0n) is 7.37. The van der Waals surface area contributed by atoms with Crippen LogP contribution in [0.4, 0.5) is 4.39 Å². The molecule has 0 amide bonds. The molecule has 0 saturated carbocycles. The number of H-pyrrole nitrogens is 1. The summed E-state index contributed by atoms with van der Waals surface area (Å²) in [7, 11) is 1.51. The molecule has 0 unspecified atom stereocenters. The molecule has 1 aromatic heterocycles. The first kappa shape index (κ1) is 8.68. The number of nitrogens with one attached hydrogen (secondary N) is 1. The molecule has 2 rings (SSSR count). The Kier molecular flexibility index (Phi) is 1.73. The number of aromatic nitrogens is 2. The van der Waals surface area contributed by atoms with E-state index >= 15 is 0 Å². The van der Waals surface area contributed by atoms with Crippen LogP contribution in [0.15, 0.2) is 27.8 Å². The van der Waals surface area contributed by atoms with Crippen LogP contribution in [0.2, 0.25) is 0 Å². The van der Waals surface area contributed by atoms with Crippen molar-refractivity contribution in [2.45, 2.75) is 0 Å². The average molecular weight is 194 g/mol. The Bertz CT molecular complexity index is 612. The van der Waals surface area contributed by atoms with Crippen LogP contribution in [0.5, 0.6) is 0 Å². The van der Waals surface area contributed by atoms with Crippen molar-refractivity contribution in [3.63, 3.8) is 0 Å². The normalized spacial score (nSPS) is 10.7. The number of hydrogen-bond acceptors (Lipinski definition) is 2. The highest BCUT2D eigenvalue weighted by molar-refractivity contribution is 5.77. The monoisotopic (exact) mass is 194 g/mol. The Morgan fingerprint density at radius 3 is 2.79 bits per heavy atom. The summed E-state index contributed by atoms with van der Waals surface area (Å²) in [4.78, 5) is 24.5. The molecule has 0 atom stereocenters. The minimum Gasteiger partial charge on any atom is -0.296 e. The van der Waals surface area contributed by atoms with Gasteiger partial charge < -0.3 is 0 Å². The van der Waals surface area contributed by atoms with Crippen LogP contribution in [0.25, 0.3) is 10.9 Å². The van der Waals surface area contributed by atoms with Gasteiger partial charge in [-0.25, -0.2) is 9.18 Å². The molecular formula is C9H7FN2O2. The van der Waals surface area contributed by atoms with E-state index in [1.165, 1.54) is 23.7 Å². The summed E-state index contributed by atoms with van der Waals surface area (Å²) < 4.78 is 14.1. The third-order valence-electron chi connectivity index (χ3n) is 2.09. The molecule has 0 aliphatic carbocycles. The molecule has 2 aromatic rings. The number of halogens is 1. The average Bonchev–Trinajstić information content (AvgIpc) is 2.14. The van der Waals surface area contributed by atoms with E-state index in [9.17, 15) is 14.0 Å². The van der Waals surface area contributed by atoms with Crippen molar-refractivity contribution < 1.29 is 4.39 Å². The summed E-state index contributed by atoms with van der Waals surface area (Å²) in [5, 5.41) is 0.173. The smallest absolute Gasteiger partial charge is 0.296 e. The van der Waals surface area contributed by atoms with Crippen molar-refractivity contribution in [2.75, 3.05) is 0 Å². The highest BCUT2D eigenvalue weighted by Crippen LogP contribution is 2.08. The molecule has 4 nitrogen and oxygen atoms in total.